The molecule has 1 aliphatic rings. The van der Waals surface area contributed by atoms with Gasteiger partial charge in [-0.2, -0.15) is 15.0 Å². The standard InChI is InChI=1S/C12H20ClN5O/c1-18(2)11-16-9(13)15-10(17-11)14-8-12(4-5-12)6-7-19-3/h4-8H2,1-3H3,(H,14,15,16,17). The molecule has 0 amide bonds. The van der Waals surface area contributed by atoms with Gasteiger partial charge in [0.25, 0.3) is 0 Å². The molecule has 0 saturated heterocycles. The number of aromatic nitrogens is 3. The zero-order valence-electron chi connectivity index (χ0n) is 11.6. The highest BCUT2D eigenvalue weighted by molar-refractivity contribution is 6.28. The summed E-state index contributed by atoms with van der Waals surface area (Å²) >= 11 is 5.89. The van der Waals surface area contributed by atoms with Crippen LogP contribution in [-0.2, 0) is 4.74 Å². The monoisotopic (exact) mass is 285 g/mol. The SMILES string of the molecule is COCCC1(CNc2nc(Cl)nc(N(C)C)n2)CC1. The van der Waals surface area contributed by atoms with Crippen LogP contribution in [0.5, 0.6) is 0 Å². The third-order valence-electron chi connectivity index (χ3n) is 3.41. The van der Waals surface area contributed by atoms with Crippen molar-refractivity contribution >= 4 is 23.5 Å². The van der Waals surface area contributed by atoms with Gasteiger partial charge in [0, 0.05) is 34.4 Å². The van der Waals surface area contributed by atoms with E-state index in [1.54, 1.807) is 12.0 Å². The summed E-state index contributed by atoms with van der Waals surface area (Å²) in [6, 6.07) is 0. The van der Waals surface area contributed by atoms with Gasteiger partial charge in [0.15, 0.2) is 0 Å². The Morgan fingerprint density at radius 2 is 2.05 bits per heavy atom. The Labute approximate surface area is 118 Å². The second-order valence-electron chi connectivity index (χ2n) is 5.22. The molecule has 106 valence electrons. The molecule has 1 heterocycles. The minimum absolute atomic E-state index is 0.211. The maximum atomic E-state index is 5.89. The maximum absolute atomic E-state index is 5.89. The van der Waals surface area contributed by atoms with E-state index < -0.39 is 0 Å². The van der Waals surface area contributed by atoms with Gasteiger partial charge < -0.3 is 15.0 Å². The lowest BCUT2D eigenvalue weighted by molar-refractivity contribution is 0.175. The third-order valence-corrected chi connectivity index (χ3v) is 3.58. The minimum atomic E-state index is 0.211. The van der Waals surface area contributed by atoms with Gasteiger partial charge in [-0.3, -0.25) is 0 Å². The van der Waals surface area contributed by atoms with E-state index in [2.05, 4.69) is 20.3 Å². The maximum Gasteiger partial charge on any atom is 0.230 e. The molecule has 1 aromatic rings. The van der Waals surface area contributed by atoms with Crippen LogP contribution in [0.15, 0.2) is 0 Å². The first-order valence-corrected chi connectivity index (χ1v) is 6.74. The van der Waals surface area contributed by atoms with Gasteiger partial charge in [-0.15, -0.1) is 0 Å². The lowest BCUT2D eigenvalue weighted by Gasteiger charge is -2.16. The number of halogens is 1. The van der Waals surface area contributed by atoms with Crippen molar-refractivity contribution in [1.29, 1.82) is 0 Å². The van der Waals surface area contributed by atoms with Gasteiger partial charge in [-0.05, 0) is 36.3 Å². The van der Waals surface area contributed by atoms with Gasteiger partial charge in [-0.25, -0.2) is 0 Å². The van der Waals surface area contributed by atoms with Gasteiger partial charge in [-0.1, -0.05) is 0 Å². The highest BCUT2D eigenvalue weighted by atomic mass is 35.5. The van der Waals surface area contributed by atoms with Crippen LogP contribution in [0.2, 0.25) is 5.28 Å². The van der Waals surface area contributed by atoms with Crippen molar-refractivity contribution in [2.75, 3.05) is 44.6 Å². The Balaban J connectivity index is 1.96. The second-order valence-corrected chi connectivity index (χ2v) is 5.56. The number of anilines is 2. The van der Waals surface area contributed by atoms with Crippen molar-refractivity contribution in [3.05, 3.63) is 5.28 Å². The Bertz CT molecular complexity index is 436. The normalized spacial score (nSPS) is 16.2. The number of rotatable bonds is 7. The van der Waals surface area contributed by atoms with E-state index in [-0.39, 0.29) is 5.28 Å². The van der Waals surface area contributed by atoms with Crippen molar-refractivity contribution < 1.29 is 4.74 Å². The zero-order valence-corrected chi connectivity index (χ0v) is 12.4. The first kappa shape index (κ1) is 14.3. The van der Waals surface area contributed by atoms with Crippen LogP contribution >= 0.6 is 11.6 Å². The number of hydrogen-bond donors (Lipinski definition) is 1. The molecular weight excluding hydrogens is 266 g/mol. The Kier molecular flexibility index (Phi) is 4.42. The van der Waals surface area contributed by atoms with Crippen molar-refractivity contribution in [2.24, 2.45) is 5.41 Å². The van der Waals surface area contributed by atoms with Gasteiger partial charge >= 0.3 is 0 Å². The second kappa shape index (κ2) is 5.88. The molecule has 1 saturated carbocycles. The number of ether oxygens (including phenoxy) is 1. The van der Waals surface area contributed by atoms with Gasteiger partial charge in [0.1, 0.15) is 0 Å². The highest BCUT2D eigenvalue weighted by Crippen LogP contribution is 2.48. The van der Waals surface area contributed by atoms with Crippen LogP contribution in [-0.4, -0.2) is 49.3 Å². The molecule has 0 aromatic carbocycles. The number of nitrogens with zero attached hydrogens (tertiary/aromatic N) is 4. The molecule has 1 aliphatic carbocycles. The lowest BCUT2D eigenvalue weighted by Crippen LogP contribution is -2.20. The Hall–Kier alpha value is -1.14. The molecular formula is C12H20ClN5O. The Morgan fingerprint density at radius 1 is 1.32 bits per heavy atom. The van der Waals surface area contributed by atoms with Crippen LogP contribution < -0.4 is 10.2 Å². The summed E-state index contributed by atoms with van der Waals surface area (Å²) in [6.45, 7) is 1.64. The van der Waals surface area contributed by atoms with E-state index >= 15 is 0 Å². The molecule has 2 rings (SSSR count). The van der Waals surface area contributed by atoms with E-state index in [0.29, 0.717) is 17.3 Å². The molecule has 0 aliphatic heterocycles. The summed E-state index contributed by atoms with van der Waals surface area (Å²) in [5, 5.41) is 3.47. The van der Waals surface area contributed by atoms with E-state index in [4.69, 9.17) is 16.3 Å². The van der Waals surface area contributed by atoms with Crippen molar-refractivity contribution in [3.63, 3.8) is 0 Å². The molecule has 1 aromatic heterocycles. The molecule has 1 fully saturated rings. The summed E-state index contributed by atoms with van der Waals surface area (Å²) in [5.41, 5.74) is 0.341. The van der Waals surface area contributed by atoms with Crippen LogP contribution in [0.1, 0.15) is 19.3 Å². The molecule has 0 unspecified atom stereocenters. The summed E-state index contributed by atoms with van der Waals surface area (Å²) in [7, 11) is 5.48. The molecule has 0 spiro atoms. The fraction of sp³-hybridized carbons (Fsp3) is 0.750. The predicted octanol–water partition coefficient (Wildman–Crippen LogP) is 1.82. The number of methoxy groups -OCH3 is 1. The van der Waals surface area contributed by atoms with Crippen LogP contribution in [0, 0.1) is 5.41 Å². The lowest BCUT2D eigenvalue weighted by atomic mass is 10.0. The average molecular weight is 286 g/mol. The van der Waals surface area contributed by atoms with Crippen molar-refractivity contribution in [1.82, 2.24) is 15.0 Å². The molecule has 0 bridgehead atoms. The fourth-order valence-electron chi connectivity index (χ4n) is 1.90. The van der Waals surface area contributed by atoms with Crippen LogP contribution in [0.4, 0.5) is 11.9 Å². The first-order valence-electron chi connectivity index (χ1n) is 6.36. The van der Waals surface area contributed by atoms with E-state index in [1.807, 2.05) is 14.1 Å². The van der Waals surface area contributed by atoms with Gasteiger partial charge in [0.2, 0.25) is 17.2 Å². The Morgan fingerprint density at radius 3 is 2.63 bits per heavy atom. The van der Waals surface area contributed by atoms with Crippen molar-refractivity contribution in [2.45, 2.75) is 19.3 Å². The van der Waals surface area contributed by atoms with Crippen LogP contribution in [0.3, 0.4) is 0 Å². The van der Waals surface area contributed by atoms with E-state index in [1.165, 1.54) is 12.8 Å². The third kappa shape index (κ3) is 3.91. The predicted molar refractivity (Wildman–Crippen MR) is 75.8 cm³/mol. The summed E-state index contributed by atoms with van der Waals surface area (Å²) in [6.07, 6.45) is 3.52. The first-order chi connectivity index (χ1) is 9.04. The smallest absolute Gasteiger partial charge is 0.230 e. The van der Waals surface area contributed by atoms with E-state index in [0.717, 1.165) is 19.6 Å². The number of nitrogens with one attached hydrogen (secondary N) is 1. The van der Waals surface area contributed by atoms with E-state index in [9.17, 15) is 0 Å². The summed E-state index contributed by atoms with van der Waals surface area (Å²) < 4.78 is 5.14. The molecule has 7 heteroatoms. The van der Waals surface area contributed by atoms with Gasteiger partial charge in [0.05, 0.1) is 0 Å². The highest BCUT2D eigenvalue weighted by Gasteiger charge is 2.41. The summed E-state index contributed by atoms with van der Waals surface area (Å²) in [4.78, 5) is 14.3. The molecule has 6 nitrogen and oxygen atoms in total. The average Bonchev–Trinajstić information content (AvgIpc) is 3.14. The fourth-order valence-corrected chi connectivity index (χ4v) is 2.05. The minimum Gasteiger partial charge on any atom is -0.385 e. The molecule has 0 atom stereocenters. The number of hydrogen-bond acceptors (Lipinski definition) is 6. The van der Waals surface area contributed by atoms with Crippen LogP contribution in [0.25, 0.3) is 0 Å². The van der Waals surface area contributed by atoms with Crippen molar-refractivity contribution in [3.8, 4) is 0 Å². The quantitative estimate of drug-likeness (QED) is 0.824. The molecule has 0 radical (unpaired) electrons. The topological polar surface area (TPSA) is 63.2 Å². The largest absolute Gasteiger partial charge is 0.385 e. The molecule has 1 N–H and O–H groups in total. The summed E-state index contributed by atoms with van der Waals surface area (Å²) in [5.74, 6) is 1.09. The molecule has 19 heavy (non-hydrogen) atoms. The zero-order chi connectivity index (χ0) is 13.9.